The van der Waals surface area contributed by atoms with Gasteiger partial charge in [-0.2, -0.15) is 5.10 Å². The van der Waals surface area contributed by atoms with Gasteiger partial charge in [0, 0.05) is 22.6 Å². The van der Waals surface area contributed by atoms with Gasteiger partial charge in [-0.05, 0) is 61.0 Å². The third-order valence-corrected chi connectivity index (χ3v) is 5.36. The molecule has 0 unspecified atom stereocenters. The van der Waals surface area contributed by atoms with E-state index in [4.69, 9.17) is 11.6 Å². The molecule has 4 aromatic rings. The van der Waals surface area contributed by atoms with Crippen molar-refractivity contribution in [1.82, 2.24) is 9.99 Å². The van der Waals surface area contributed by atoms with Gasteiger partial charge in [-0.15, -0.1) is 0 Å². The molecule has 1 amide bonds. The number of aryl methyl sites for hydroxylation is 2. The zero-order valence-electron chi connectivity index (χ0n) is 16.6. The van der Waals surface area contributed by atoms with Gasteiger partial charge >= 0.3 is 0 Å². The SMILES string of the molecule is Cc1ccc(C)n1-c1ccc(Cl)c(C(=O)NN=Cc2c(O)ccc3ccccc23)c1. The molecule has 4 rings (SSSR count). The molecule has 6 heteroatoms. The molecule has 0 atom stereocenters. The molecule has 1 heterocycles. The number of carbonyl (C=O) groups excluding carboxylic acids is 1. The number of nitrogens with zero attached hydrogens (tertiary/aromatic N) is 2. The fraction of sp³-hybridized carbons (Fsp3) is 0.0833. The molecule has 0 fully saturated rings. The average Bonchev–Trinajstić information content (AvgIpc) is 3.08. The molecule has 0 spiro atoms. The second-order valence-corrected chi connectivity index (χ2v) is 7.44. The molecule has 2 N–H and O–H groups in total. The molecular weight excluding hydrogens is 398 g/mol. The van der Waals surface area contributed by atoms with Crippen LogP contribution in [0.3, 0.4) is 0 Å². The molecule has 3 aromatic carbocycles. The summed E-state index contributed by atoms with van der Waals surface area (Å²) in [6.07, 6.45) is 1.44. The normalized spacial score (nSPS) is 11.3. The quantitative estimate of drug-likeness (QED) is 0.346. The van der Waals surface area contributed by atoms with E-state index in [-0.39, 0.29) is 5.75 Å². The number of aromatic hydroxyl groups is 1. The highest BCUT2D eigenvalue weighted by Gasteiger charge is 2.13. The van der Waals surface area contributed by atoms with Crippen molar-refractivity contribution in [2.24, 2.45) is 5.10 Å². The minimum absolute atomic E-state index is 0.0882. The average molecular weight is 418 g/mol. The third-order valence-electron chi connectivity index (χ3n) is 5.03. The van der Waals surface area contributed by atoms with Crippen LogP contribution in [-0.4, -0.2) is 21.8 Å². The molecule has 0 aliphatic carbocycles. The first-order chi connectivity index (χ1) is 14.5. The van der Waals surface area contributed by atoms with Crippen LogP contribution in [0.15, 0.2) is 71.8 Å². The molecule has 150 valence electrons. The van der Waals surface area contributed by atoms with Crippen LogP contribution >= 0.6 is 11.6 Å². The third kappa shape index (κ3) is 3.67. The van der Waals surface area contributed by atoms with E-state index in [0.29, 0.717) is 16.1 Å². The molecular formula is C24H20ClN3O2. The Balaban J connectivity index is 1.61. The summed E-state index contributed by atoms with van der Waals surface area (Å²) < 4.78 is 2.05. The van der Waals surface area contributed by atoms with E-state index >= 15 is 0 Å². The van der Waals surface area contributed by atoms with Gasteiger partial charge in [0.2, 0.25) is 0 Å². The van der Waals surface area contributed by atoms with Crippen molar-refractivity contribution in [3.8, 4) is 11.4 Å². The van der Waals surface area contributed by atoms with Crippen LogP contribution in [0.5, 0.6) is 5.75 Å². The number of fused-ring (bicyclic) bond motifs is 1. The van der Waals surface area contributed by atoms with Gasteiger partial charge in [0.25, 0.3) is 5.91 Å². The summed E-state index contributed by atoms with van der Waals surface area (Å²) in [5, 5.41) is 16.4. The molecule has 0 radical (unpaired) electrons. The fourth-order valence-corrected chi connectivity index (χ4v) is 3.74. The van der Waals surface area contributed by atoms with E-state index in [2.05, 4.69) is 10.5 Å². The second-order valence-electron chi connectivity index (χ2n) is 7.03. The van der Waals surface area contributed by atoms with E-state index < -0.39 is 5.91 Å². The van der Waals surface area contributed by atoms with E-state index in [1.54, 1.807) is 18.2 Å². The summed E-state index contributed by atoms with van der Waals surface area (Å²) in [4.78, 5) is 12.7. The molecule has 0 saturated heterocycles. The summed E-state index contributed by atoms with van der Waals surface area (Å²) in [5.41, 5.74) is 6.33. The van der Waals surface area contributed by atoms with E-state index in [9.17, 15) is 9.90 Å². The zero-order chi connectivity index (χ0) is 21.3. The van der Waals surface area contributed by atoms with Crippen molar-refractivity contribution in [3.63, 3.8) is 0 Å². The number of hydrogen-bond donors (Lipinski definition) is 2. The highest BCUT2D eigenvalue weighted by molar-refractivity contribution is 6.34. The van der Waals surface area contributed by atoms with Gasteiger partial charge in [-0.25, -0.2) is 5.43 Å². The summed E-state index contributed by atoms with van der Waals surface area (Å²) in [7, 11) is 0. The van der Waals surface area contributed by atoms with Gasteiger partial charge < -0.3 is 9.67 Å². The monoisotopic (exact) mass is 417 g/mol. The van der Waals surface area contributed by atoms with E-state index in [0.717, 1.165) is 27.8 Å². The van der Waals surface area contributed by atoms with Crippen LogP contribution in [0.4, 0.5) is 0 Å². The number of rotatable bonds is 4. The fourth-order valence-electron chi connectivity index (χ4n) is 3.54. The zero-order valence-corrected chi connectivity index (χ0v) is 17.3. The number of carbonyl (C=O) groups is 1. The number of hydrazone groups is 1. The van der Waals surface area contributed by atoms with Crippen LogP contribution < -0.4 is 5.43 Å². The van der Waals surface area contributed by atoms with Crippen molar-refractivity contribution >= 4 is 34.5 Å². The highest BCUT2D eigenvalue weighted by atomic mass is 35.5. The number of phenolic OH excluding ortho intramolecular Hbond substituents is 1. The maximum absolute atomic E-state index is 12.7. The summed E-state index contributed by atoms with van der Waals surface area (Å²) in [5.74, 6) is -0.342. The predicted octanol–water partition coefficient (Wildman–Crippen LogP) is 5.37. The van der Waals surface area contributed by atoms with Gasteiger partial charge in [-0.1, -0.05) is 41.9 Å². The van der Waals surface area contributed by atoms with Crippen molar-refractivity contribution in [2.75, 3.05) is 0 Å². The van der Waals surface area contributed by atoms with Crippen molar-refractivity contribution in [2.45, 2.75) is 13.8 Å². The van der Waals surface area contributed by atoms with Crippen molar-refractivity contribution < 1.29 is 9.90 Å². The Morgan fingerprint density at radius 1 is 1.03 bits per heavy atom. The number of amides is 1. The topological polar surface area (TPSA) is 66.6 Å². The Labute approximate surface area is 179 Å². The lowest BCUT2D eigenvalue weighted by Crippen LogP contribution is -2.18. The van der Waals surface area contributed by atoms with Crippen LogP contribution in [0.1, 0.15) is 27.3 Å². The highest BCUT2D eigenvalue weighted by Crippen LogP contribution is 2.26. The van der Waals surface area contributed by atoms with Crippen molar-refractivity contribution in [3.05, 3.63) is 94.3 Å². The number of aromatic nitrogens is 1. The molecule has 5 nitrogen and oxygen atoms in total. The molecule has 30 heavy (non-hydrogen) atoms. The summed E-state index contributed by atoms with van der Waals surface area (Å²) >= 11 is 6.27. The summed E-state index contributed by atoms with van der Waals surface area (Å²) in [6.45, 7) is 4.00. The number of hydrogen-bond acceptors (Lipinski definition) is 3. The van der Waals surface area contributed by atoms with Crippen molar-refractivity contribution in [1.29, 1.82) is 0 Å². The molecule has 0 aliphatic heterocycles. The lowest BCUT2D eigenvalue weighted by atomic mass is 10.0. The maximum atomic E-state index is 12.7. The predicted molar refractivity (Wildman–Crippen MR) is 121 cm³/mol. The van der Waals surface area contributed by atoms with Gasteiger partial charge in [0.1, 0.15) is 5.75 Å². The first-order valence-corrected chi connectivity index (χ1v) is 9.82. The largest absolute Gasteiger partial charge is 0.507 e. The Morgan fingerprint density at radius 3 is 2.53 bits per heavy atom. The molecule has 0 saturated carbocycles. The van der Waals surface area contributed by atoms with Gasteiger partial charge in [0.05, 0.1) is 16.8 Å². The minimum atomic E-state index is -0.430. The second kappa shape index (κ2) is 8.05. The van der Waals surface area contributed by atoms with Crippen LogP contribution in [0.2, 0.25) is 5.02 Å². The standard InChI is InChI=1S/C24H20ClN3O2/c1-15-7-8-16(2)28(15)18-10-11-22(25)20(13-18)24(30)27-26-14-21-19-6-4-3-5-17(19)9-12-23(21)29/h3-14,29H,1-2H3,(H,27,30). The molecule has 0 aliphatic rings. The van der Waals surface area contributed by atoms with E-state index in [1.807, 2.05) is 66.9 Å². The minimum Gasteiger partial charge on any atom is -0.507 e. The molecule has 1 aromatic heterocycles. The van der Waals surface area contributed by atoms with Gasteiger partial charge in [0.15, 0.2) is 0 Å². The maximum Gasteiger partial charge on any atom is 0.272 e. The van der Waals surface area contributed by atoms with Crippen LogP contribution in [0, 0.1) is 13.8 Å². The number of halogens is 1. The first kappa shape index (κ1) is 19.7. The Bertz CT molecular complexity index is 1270. The lowest BCUT2D eigenvalue weighted by molar-refractivity contribution is 0.0955. The first-order valence-electron chi connectivity index (χ1n) is 9.44. The number of benzene rings is 3. The molecule has 0 bridgehead atoms. The number of nitrogens with one attached hydrogen (secondary N) is 1. The van der Waals surface area contributed by atoms with Crippen LogP contribution in [0.25, 0.3) is 16.5 Å². The summed E-state index contributed by atoms with van der Waals surface area (Å²) in [6, 6.07) is 20.4. The Kier molecular flexibility index (Phi) is 5.29. The Morgan fingerprint density at radius 2 is 1.77 bits per heavy atom. The van der Waals surface area contributed by atoms with Gasteiger partial charge in [-0.3, -0.25) is 4.79 Å². The van der Waals surface area contributed by atoms with E-state index in [1.165, 1.54) is 6.21 Å². The Hall–Kier alpha value is -3.57. The van der Waals surface area contributed by atoms with Crippen LogP contribution in [-0.2, 0) is 0 Å². The lowest BCUT2D eigenvalue weighted by Gasteiger charge is -2.12. The smallest absolute Gasteiger partial charge is 0.272 e. The number of phenols is 1.